The number of aromatic hydroxyl groups is 1. The molecule has 0 amide bonds. The average molecular weight is 296 g/mol. The molecule has 0 saturated heterocycles. The molecule has 112 valence electrons. The number of aromatic nitrogens is 1. The number of para-hydroxylation sites is 1. The van der Waals surface area contributed by atoms with Crippen molar-refractivity contribution in [1.82, 2.24) is 4.57 Å². The summed E-state index contributed by atoms with van der Waals surface area (Å²) in [5.74, 6) is 0.652. The first-order valence-corrected chi connectivity index (χ1v) is 7.04. The zero-order valence-electron chi connectivity index (χ0n) is 12.2. The van der Waals surface area contributed by atoms with Gasteiger partial charge < -0.3 is 14.4 Å². The van der Waals surface area contributed by atoms with E-state index in [-0.39, 0.29) is 11.6 Å². The summed E-state index contributed by atoms with van der Waals surface area (Å²) in [6, 6.07) is 15.1. The Morgan fingerprint density at radius 3 is 2.64 bits per heavy atom. The second-order valence-corrected chi connectivity index (χ2v) is 5.05. The number of hydrogen-bond acceptors (Lipinski definition) is 4. The van der Waals surface area contributed by atoms with E-state index in [4.69, 9.17) is 4.74 Å². The molecule has 0 aliphatic rings. The van der Waals surface area contributed by atoms with Gasteiger partial charge in [0.1, 0.15) is 12.4 Å². The van der Waals surface area contributed by atoms with Crippen molar-refractivity contribution >= 4 is 16.6 Å². The van der Waals surface area contributed by atoms with Crippen molar-refractivity contribution in [3.8, 4) is 11.6 Å². The highest BCUT2D eigenvalue weighted by atomic mass is 16.5. The van der Waals surface area contributed by atoms with Gasteiger partial charge in [0.2, 0.25) is 5.88 Å². The van der Waals surface area contributed by atoms with Gasteiger partial charge in [0.15, 0.2) is 5.69 Å². The second kappa shape index (κ2) is 5.89. The van der Waals surface area contributed by atoms with Crippen molar-refractivity contribution in [3.63, 3.8) is 0 Å². The normalized spacial score (nSPS) is 10.8. The predicted octanol–water partition coefficient (Wildman–Crippen LogP) is 4.13. The lowest BCUT2D eigenvalue weighted by atomic mass is 10.1. The van der Waals surface area contributed by atoms with Crippen LogP contribution in [0.2, 0.25) is 0 Å². The molecule has 3 aromatic rings. The van der Waals surface area contributed by atoms with E-state index in [1.807, 2.05) is 55.5 Å². The SMILES string of the molecule is Cc1cccc2c1c(N=O)c(O)n2CCOc1ccccc1. The minimum atomic E-state index is -0.115. The molecular formula is C17H16N2O3. The van der Waals surface area contributed by atoms with Crippen LogP contribution in [0.4, 0.5) is 5.69 Å². The molecule has 0 radical (unpaired) electrons. The summed E-state index contributed by atoms with van der Waals surface area (Å²) in [5.41, 5.74) is 1.78. The summed E-state index contributed by atoms with van der Waals surface area (Å²) in [6.45, 7) is 2.70. The van der Waals surface area contributed by atoms with Gasteiger partial charge in [-0.05, 0) is 35.9 Å². The number of fused-ring (bicyclic) bond motifs is 1. The van der Waals surface area contributed by atoms with E-state index in [9.17, 15) is 10.0 Å². The molecule has 1 heterocycles. The first-order valence-electron chi connectivity index (χ1n) is 7.04. The van der Waals surface area contributed by atoms with Crippen molar-refractivity contribution in [2.45, 2.75) is 13.5 Å². The number of nitroso groups, excluding NO2 is 1. The van der Waals surface area contributed by atoms with Gasteiger partial charge in [-0.25, -0.2) is 0 Å². The van der Waals surface area contributed by atoms with Gasteiger partial charge in [0.05, 0.1) is 12.1 Å². The Balaban J connectivity index is 1.89. The van der Waals surface area contributed by atoms with Gasteiger partial charge >= 0.3 is 0 Å². The molecule has 1 N–H and O–H groups in total. The smallest absolute Gasteiger partial charge is 0.222 e. The summed E-state index contributed by atoms with van der Waals surface area (Å²) in [7, 11) is 0. The minimum Gasteiger partial charge on any atom is -0.493 e. The molecular weight excluding hydrogens is 280 g/mol. The monoisotopic (exact) mass is 296 g/mol. The van der Waals surface area contributed by atoms with E-state index in [0.717, 1.165) is 16.8 Å². The summed E-state index contributed by atoms with van der Waals surface area (Å²) in [4.78, 5) is 11.0. The van der Waals surface area contributed by atoms with Crippen molar-refractivity contribution in [2.24, 2.45) is 5.18 Å². The third kappa shape index (κ3) is 2.41. The fraction of sp³-hybridized carbons (Fsp3) is 0.176. The molecule has 5 nitrogen and oxygen atoms in total. The summed E-state index contributed by atoms with van der Waals surface area (Å²) in [5, 5.41) is 13.9. The Bertz CT molecular complexity index is 810. The quantitative estimate of drug-likeness (QED) is 0.720. The summed E-state index contributed by atoms with van der Waals surface area (Å²) in [6.07, 6.45) is 0. The number of aryl methyl sites for hydroxylation is 1. The molecule has 3 rings (SSSR count). The zero-order valence-corrected chi connectivity index (χ0v) is 12.2. The highest BCUT2D eigenvalue weighted by Crippen LogP contribution is 2.40. The lowest BCUT2D eigenvalue weighted by molar-refractivity contribution is 0.290. The topological polar surface area (TPSA) is 63.8 Å². The lowest BCUT2D eigenvalue weighted by Gasteiger charge is -2.09. The maximum absolute atomic E-state index is 11.0. The largest absolute Gasteiger partial charge is 0.493 e. The van der Waals surface area contributed by atoms with Crippen LogP contribution < -0.4 is 4.74 Å². The van der Waals surface area contributed by atoms with Crippen molar-refractivity contribution in [3.05, 3.63) is 59.0 Å². The van der Waals surface area contributed by atoms with Gasteiger partial charge in [-0.1, -0.05) is 30.3 Å². The van der Waals surface area contributed by atoms with E-state index < -0.39 is 0 Å². The van der Waals surface area contributed by atoms with E-state index in [2.05, 4.69) is 5.18 Å². The van der Waals surface area contributed by atoms with Gasteiger partial charge in [-0.15, -0.1) is 4.91 Å². The molecule has 0 fully saturated rings. The van der Waals surface area contributed by atoms with Crippen LogP contribution in [0.5, 0.6) is 11.6 Å². The van der Waals surface area contributed by atoms with E-state index in [1.165, 1.54) is 0 Å². The molecule has 0 aliphatic heterocycles. The first-order chi connectivity index (χ1) is 10.7. The van der Waals surface area contributed by atoms with Gasteiger partial charge in [0, 0.05) is 5.39 Å². The predicted molar refractivity (Wildman–Crippen MR) is 85.7 cm³/mol. The third-order valence-corrected chi connectivity index (χ3v) is 3.66. The summed E-state index contributed by atoms with van der Waals surface area (Å²) < 4.78 is 7.30. The number of nitrogens with zero attached hydrogens (tertiary/aromatic N) is 2. The third-order valence-electron chi connectivity index (χ3n) is 3.66. The number of rotatable bonds is 5. The molecule has 0 aliphatic carbocycles. The number of benzene rings is 2. The molecule has 0 spiro atoms. The first kappa shape index (κ1) is 14.1. The lowest BCUT2D eigenvalue weighted by Crippen LogP contribution is -2.07. The number of ether oxygens (including phenoxy) is 1. The number of hydrogen-bond donors (Lipinski definition) is 1. The standard InChI is InChI=1S/C17H16N2O3/c1-12-6-5-9-14-15(12)16(18-21)17(20)19(14)10-11-22-13-7-3-2-4-8-13/h2-9,20H,10-11H2,1H3. The van der Waals surface area contributed by atoms with Crippen LogP contribution in [-0.2, 0) is 6.54 Å². The molecule has 0 atom stereocenters. The van der Waals surface area contributed by atoms with Gasteiger partial charge in [0.25, 0.3) is 0 Å². The van der Waals surface area contributed by atoms with Gasteiger partial charge in [-0.2, -0.15) is 0 Å². The van der Waals surface area contributed by atoms with Crippen LogP contribution in [0, 0.1) is 11.8 Å². The van der Waals surface area contributed by atoms with Crippen LogP contribution in [0.3, 0.4) is 0 Å². The van der Waals surface area contributed by atoms with Crippen LogP contribution in [-0.4, -0.2) is 16.3 Å². The fourth-order valence-corrected chi connectivity index (χ4v) is 2.62. The van der Waals surface area contributed by atoms with Crippen molar-refractivity contribution in [2.75, 3.05) is 6.61 Å². The second-order valence-electron chi connectivity index (χ2n) is 5.05. The molecule has 22 heavy (non-hydrogen) atoms. The van der Waals surface area contributed by atoms with Gasteiger partial charge in [-0.3, -0.25) is 0 Å². The minimum absolute atomic E-state index is 0.0906. The Kier molecular flexibility index (Phi) is 3.78. The van der Waals surface area contributed by atoms with Crippen LogP contribution in [0.1, 0.15) is 5.56 Å². The maximum atomic E-state index is 11.0. The van der Waals surface area contributed by atoms with Crippen LogP contribution >= 0.6 is 0 Å². The Morgan fingerprint density at radius 1 is 1.14 bits per heavy atom. The molecule has 2 aromatic carbocycles. The molecule has 1 aromatic heterocycles. The van der Waals surface area contributed by atoms with E-state index in [0.29, 0.717) is 18.5 Å². The maximum Gasteiger partial charge on any atom is 0.222 e. The highest BCUT2D eigenvalue weighted by molar-refractivity contribution is 5.97. The molecule has 0 unspecified atom stereocenters. The van der Waals surface area contributed by atoms with Crippen molar-refractivity contribution < 1.29 is 9.84 Å². The molecule has 5 heteroatoms. The Morgan fingerprint density at radius 2 is 1.91 bits per heavy atom. The average Bonchev–Trinajstić information content (AvgIpc) is 2.82. The van der Waals surface area contributed by atoms with Crippen LogP contribution in [0.15, 0.2) is 53.7 Å². The highest BCUT2D eigenvalue weighted by Gasteiger charge is 2.18. The zero-order chi connectivity index (χ0) is 15.5. The Labute approximate surface area is 127 Å². The van der Waals surface area contributed by atoms with Crippen LogP contribution in [0.25, 0.3) is 10.9 Å². The summed E-state index contributed by atoms with van der Waals surface area (Å²) >= 11 is 0. The fourth-order valence-electron chi connectivity index (χ4n) is 2.62. The molecule has 0 bridgehead atoms. The van der Waals surface area contributed by atoms with E-state index in [1.54, 1.807) is 4.57 Å². The van der Waals surface area contributed by atoms with Crippen molar-refractivity contribution in [1.29, 1.82) is 0 Å². The Hall–Kier alpha value is -2.82. The van der Waals surface area contributed by atoms with E-state index >= 15 is 0 Å². The molecule has 0 saturated carbocycles.